The summed E-state index contributed by atoms with van der Waals surface area (Å²) < 4.78 is 0. The number of piperidine rings is 1. The van der Waals surface area contributed by atoms with Gasteiger partial charge in [0, 0.05) is 31.2 Å². The van der Waals surface area contributed by atoms with E-state index in [1.165, 1.54) is 6.42 Å². The Balaban J connectivity index is 0.00000208. The fourth-order valence-electron chi connectivity index (χ4n) is 3.44. The van der Waals surface area contributed by atoms with Crippen LogP contribution in [0, 0.1) is 5.92 Å². The van der Waals surface area contributed by atoms with Crippen molar-refractivity contribution in [3.05, 3.63) is 35.9 Å². The quantitative estimate of drug-likeness (QED) is 0.870. The van der Waals surface area contributed by atoms with Crippen molar-refractivity contribution in [2.24, 2.45) is 5.92 Å². The summed E-state index contributed by atoms with van der Waals surface area (Å²) in [6, 6.07) is 9.71. The lowest BCUT2D eigenvalue weighted by Gasteiger charge is -2.32. The Morgan fingerprint density at radius 3 is 2.67 bits per heavy atom. The third kappa shape index (κ3) is 4.71. The molecule has 6 heteroatoms. The summed E-state index contributed by atoms with van der Waals surface area (Å²) in [5.41, 5.74) is 0.698. The van der Waals surface area contributed by atoms with Crippen LogP contribution in [-0.4, -0.2) is 48.9 Å². The highest BCUT2D eigenvalue weighted by atomic mass is 35.5. The van der Waals surface area contributed by atoms with Crippen molar-refractivity contribution in [2.45, 2.75) is 31.7 Å². The van der Waals surface area contributed by atoms with Crippen molar-refractivity contribution in [1.29, 1.82) is 0 Å². The van der Waals surface area contributed by atoms with Gasteiger partial charge in [0.15, 0.2) is 0 Å². The fourth-order valence-corrected chi connectivity index (χ4v) is 3.44. The van der Waals surface area contributed by atoms with Gasteiger partial charge in [-0.3, -0.25) is 9.59 Å². The first-order chi connectivity index (χ1) is 11.2. The van der Waals surface area contributed by atoms with Gasteiger partial charge in [-0.1, -0.05) is 18.2 Å². The predicted octanol–water partition coefficient (Wildman–Crippen LogP) is 1.83. The summed E-state index contributed by atoms with van der Waals surface area (Å²) in [6.45, 7) is 3.00. The van der Waals surface area contributed by atoms with Crippen molar-refractivity contribution in [2.75, 3.05) is 26.2 Å². The molecule has 2 atom stereocenters. The lowest BCUT2D eigenvalue weighted by molar-refractivity contribution is -0.126. The molecular weight excluding hydrogens is 326 g/mol. The summed E-state index contributed by atoms with van der Waals surface area (Å²) >= 11 is 0. The van der Waals surface area contributed by atoms with Crippen LogP contribution >= 0.6 is 12.4 Å². The number of rotatable bonds is 4. The normalized spacial score (nSPS) is 23.4. The molecule has 24 heavy (non-hydrogen) atoms. The molecular formula is C18H26ClN3O2. The number of amides is 2. The highest BCUT2D eigenvalue weighted by Crippen LogP contribution is 2.19. The van der Waals surface area contributed by atoms with Gasteiger partial charge in [0.05, 0.1) is 5.92 Å². The van der Waals surface area contributed by atoms with Crippen LogP contribution in [0.4, 0.5) is 0 Å². The van der Waals surface area contributed by atoms with Gasteiger partial charge in [-0.15, -0.1) is 12.4 Å². The van der Waals surface area contributed by atoms with Gasteiger partial charge in [-0.2, -0.15) is 0 Å². The van der Waals surface area contributed by atoms with E-state index in [0.29, 0.717) is 24.7 Å². The molecule has 132 valence electrons. The molecule has 1 aromatic carbocycles. The minimum absolute atomic E-state index is 0. The Labute approximate surface area is 149 Å². The summed E-state index contributed by atoms with van der Waals surface area (Å²) in [7, 11) is 0. The molecule has 2 aliphatic heterocycles. The molecule has 3 rings (SSSR count). The van der Waals surface area contributed by atoms with Crippen LogP contribution in [0.3, 0.4) is 0 Å². The number of benzene rings is 1. The van der Waals surface area contributed by atoms with E-state index >= 15 is 0 Å². The molecule has 2 heterocycles. The van der Waals surface area contributed by atoms with E-state index in [1.54, 1.807) is 0 Å². The molecule has 0 radical (unpaired) electrons. The maximum absolute atomic E-state index is 12.5. The first kappa shape index (κ1) is 18.7. The highest BCUT2D eigenvalue weighted by Gasteiger charge is 2.29. The second kappa shape index (κ2) is 9.04. The summed E-state index contributed by atoms with van der Waals surface area (Å²) in [5, 5.41) is 6.44. The maximum Gasteiger partial charge on any atom is 0.253 e. The minimum atomic E-state index is -0.0854. The zero-order valence-electron chi connectivity index (χ0n) is 13.9. The van der Waals surface area contributed by atoms with Gasteiger partial charge in [-0.25, -0.2) is 0 Å². The molecule has 0 saturated carbocycles. The van der Waals surface area contributed by atoms with E-state index in [9.17, 15) is 9.59 Å². The lowest BCUT2D eigenvalue weighted by atomic mass is 9.96. The largest absolute Gasteiger partial charge is 0.354 e. The van der Waals surface area contributed by atoms with E-state index in [2.05, 4.69) is 10.6 Å². The van der Waals surface area contributed by atoms with Crippen LogP contribution in [0.5, 0.6) is 0 Å². The van der Waals surface area contributed by atoms with E-state index in [-0.39, 0.29) is 30.1 Å². The Morgan fingerprint density at radius 2 is 1.96 bits per heavy atom. The fraction of sp³-hybridized carbons (Fsp3) is 0.556. The van der Waals surface area contributed by atoms with Crippen molar-refractivity contribution < 1.29 is 9.59 Å². The molecule has 1 aromatic rings. The highest BCUT2D eigenvalue weighted by molar-refractivity contribution is 5.94. The lowest BCUT2D eigenvalue weighted by Crippen LogP contribution is -2.47. The van der Waals surface area contributed by atoms with E-state index < -0.39 is 0 Å². The number of nitrogens with zero attached hydrogens (tertiary/aromatic N) is 1. The van der Waals surface area contributed by atoms with Crippen molar-refractivity contribution in [3.63, 3.8) is 0 Å². The van der Waals surface area contributed by atoms with Crippen LogP contribution < -0.4 is 10.6 Å². The average Bonchev–Trinajstić information content (AvgIpc) is 3.13. The number of likely N-dealkylation sites (tertiary alicyclic amines) is 1. The first-order valence-electron chi connectivity index (χ1n) is 8.59. The van der Waals surface area contributed by atoms with E-state index in [4.69, 9.17) is 0 Å². The van der Waals surface area contributed by atoms with Crippen LogP contribution in [0.2, 0.25) is 0 Å². The zero-order chi connectivity index (χ0) is 16.1. The molecule has 2 saturated heterocycles. The number of carbonyl (C=O) groups excluding carboxylic acids is 2. The number of halogens is 1. The Bertz CT molecular complexity index is 546. The smallest absolute Gasteiger partial charge is 0.253 e. The molecule has 5 nitrogen and oxygen atoms in total. The van der Waals surface area contributed by atoms with Crippen molar-refractivity contribution in [3.8, 4) is 0 Å². The monoisotopic (exact) mass is 351 g/mol. The van der Waals surface area contributed by atoms with Gasteiger partial charge in [-0.05, 0) is 44.4 Å². The first-order valence-corrected chi connectivity index (χ1v) is 8.59. The van der Waals surface area contributed by atoms with Gasteiger partial charge in [0.1, 0.15) is 0 Å². The third-order valence-electron chi connectivity index (χ3n) is 4.79. The molecule has 2 unspecified atom stereocenters. The molecule has 0 aromatic heterocycles. The third-order valence-corrected chi connectivity index (χ3v) is 4.79. The topological polar surface area (TPSA) is 61.4 Å². The van der Waals surface area contributed by atoms with E-state index in [0.717, 1.165) is 32.4 Å². The van der Waals surface area contributed by atoms with Crippen molar-refractivity contribution >= 4 is 24.2 Å². The summed E-state index contributed by atoms with van der Waals surface area (Å²) in [5.74, 6) is 0.0302. The second-order valence-electron chi connectivity index (χ2n) is 6.49. The summed E-state index contributed by atoms with van der Waals surface area (Å²) in [4.78, 5) is 26.7. The van der Waals surface area contributed by atoms with Crippen LogP contribution in [0.15, 0.2) is 30.3 Å². The molecule has 2 N–H and O–H groups in total. The predicted molar refractivity (Wildman–Crippen MR) is 96.4 cm³/mol. The van der Waals surface area contributed by atoms with Crippen LogP contribution in [0.1, 0.15) is 36.0 Å². The van der Waals surface area contributed by atoms with Gasteiger partial charge in [0.2, 0.25) is 5.91 Å². The SMILES string of the molecule is Cl.O=C(NCC1CCCN1)C1CCCN(C(=O)c2ccccc2)C1. The summed E-state index contributed by atoms with van der Waals surface area (Å²) in [6.07, 6.45) is 4.06. The molecule has 0 aliphatic carbocycles. The minimum Gasteiger partial charge on any atom is -0.354 e. The van der Waals surface area contributed by atoms with Crippen LogP contribution in [0.25, 0.3) is 0 Å². The second-order valence-corrected chi connectivity index (χ2v) is 6.49. The molecule has 2 amide bonds. The van der Waals surface area contributed by atoms with Crippen molar-refractivity contribution in [1.82, 2.24) is 15.5 Å². The molecule has 2 aliphatic rings. The number of hydrogen-bond acceptors (Lipinski definition) is 3. The molecule has 2 fully saturated rings. The number of nitrogens with one attached hydrogen (secondary N) is 2. The molecule has 0 spiro atoms. The van der Waals surface area contributed by atoms with Gasteiger partial charge in [0.25, 0.3) is 5.91 Å². The standard InChI is InChI=1S/C18H25N3O2.ClH/c22-17(20-12-16-9-4-10-19-16)15-8-5-11-21(13-15)18(23)14-6-2-1-3-7-14;/h1-3,6-7,15-16,19H,4-5,8-13H2,(H,20,22);1H. The van der Waals surface area contributed by atoms with Gasteiger partial charge >= 0.3 is 0 Å². The average molecular weight is 352 g/mol. The Morgan fingerprint density at radius 1 is 1.17 bits per heavy atom. The number of hydrogen-bond donors (Lipinski definition) is 2. The van der Waals surface area contributed by atoms with E-state index in [1.807, 2.05) is 35.2 Å². The zero-order valence-corrected chi connectivity index (χ0v) is 14.7. The maximum atomic E-state index is 12.5. The Hall–Kier alpha value is -1.59. The number of carbonyl (C=O) groups is 2. The van der Waals surface area contributed by atoms with Crippen LogP contribution in [-0.2, 0) is 4.79 Å². The van der Waals surface area contributed by atoms with Gasteiger partial charge < -0.3 is 15.5 Å². The Kier molecular flexibility index (Phi) is 7.06. The molecule has 0 bridgehead atoms.